The summed E-state index contributed by atoms with van der Waals surface area (Å²) in [6, 6.07) is 3.56. The van der Waals surface area contributed by atoms with Crippen molar-refractivity contribution in [2.75, 3.05) is 31.9 Å². The van der Waals surface area contributed by atoms with Crippen LogP contribution in [-0.2, 0) is 0 Å². The molecule has 1 aliphatic rings. The molecule has 0 aliphatic carbocycles. The molecule has 2 rings (SSSR count). The summed E-state index contributed by atoms with van der Waals surface area (Å²) in [7, 11) is 0. The topological polar surface area (TPSA) is 61.0 Å². The molecular weight excluding hydrogens is 425 g/mol. The molecule has 0 aromatic carbocycles. The van der Waals surface area contributed by atoms with E-state index in [0.717, 1.165) is 31.3 Å². The summed E-state index contributed by atoms with van der Waals surface area (Å²) in [5.74, 6) is 3.23. The number of halogens is 1. The Labute approximate surface area is 160 Å². The van der Waals surface area contributed by atoms with Gasteiger partial charge in [-0.3, -0.25) is 0 Å². The third-order valence-corrected chi connectivity index (χ3v) is 5.30. The summed E-state index contributed by atoms with van der Waals surface area (Å²) in [4.78, 5) is 6.90. The van der Waals surface area contributed by atoms with Crippen molar-refractivity contribution < 1.29 is 9.52 Å². The number of nitrogens with one attached hydrogen (secondary N) is 1. The van der Waals surface area contributed by atoms with E-state index in [1.165, 1.54) is 0 Å². The van der Waals surface area contributed by atoms with Crippen LogP contribution in [0.1, 0.15) is 32.6 Å². The second-order valence-electron chi connectivity index (χ2n) is 5.83. The molecule has 1 aromatic heterocycles. The lowest BCUT2D eigenvalue weighted by Crippen LogP contribution is -2.49. The smallest absolute Gasteiger partial charge is 0.194 e. The predicted octanol–water partition coefficient (Wildman–Crippen LogP) is 2.97. The van der Waals surface area contributed by atoms with Crippen molar-refractivity contribution in [3.8, 4) is 0 Å². The molecule has 5 nitrogen and oxygen atoms in total. The molecule has 1 saturated heterocycles. The van der Waals surface area contributed by atoms with Crippen LogP contribution in [0.4, 0.5) is 0 Å². The second kappa shape index (κ2) is 10.5. The Morgan fingerprint density at radius 3 is 2.96 bits per heavy atom. The molecule has 0 amide bonds. The molecule has 0 radical (unpaired) electrons. The van der Waals surface area contributed by atoms with Crippen LogP contribution < -0.4 is 5.32 Å². The van der Waals surface area contributed by atoms with Gasteiger partial charge in [0.2, 0.25) is 0 Å². The molecule has 0 spiro atoms. The van der Waals surface area contributed by atoms with E-state index in [2.05, 4.69) is 36.0 Å². The molecule has 7 heteroatoms. The van der Waals surface area contributed by atoms with Gasteiger partial charge in [0.05, 0.1) is 12.8 Å². The number of guanidine groups is 1. The van der Waals surface area contributed by atoms with E-state index in [9.17, 15) is 5.11 Å². The lowest BCUT2D eigenvalue weighted by atomic mass is 10.1. The molecule has 0 saturated carbocycles. The van der Waals surface area contributed by atoms with Crippen molar-refractivity contribution in [3.63, 3.8) is 0 Å². The predicted molar refractivity (Wildman–Crippen MR) is 108 cm³/mol. The minimum atomic E-state index is -0.691. The first kappa shape index (κ1) is 20.6. The van der Waals surface area contributed by atoms with Gasteiger partial charge in [-0.05, 0) is 25.0 Å². The van der Waals surface area contributed by atoms with Crippen molar-refractivity contribution in [1.82, 2.24) is 10.2 Å². The van der Waals surface area contributed by atoms with Gasteiger partial charge in [-0.1, -0.05) is 13.8 Å². The largest absolute Gasteiger partial charge is 0.467 e. The Bertz CT molecular complexity index is 468. The van der Waals surface area contributed by atoms with Crippen molar-refractivity contribution in [2.24, 2.45) is 10.9 Å². The van der Waals surface area contributed by atoms with Crippen LogP contribution in [0.5, 0.6) is 0 Å². The lowest BCUT2D eigenvalue weighted by molar-refractivity contribution is 0.158. The maximum Gasteiger partial charge on any atom is 0.194 e. The van der Waals surface area contributed by atoms with Gasteiger partial charge in [0.1, 0.15) is 11.9 Å². The van der Waals surface area contributed by atoms with Crippen molar-refractivity contribution >= 4 is 41.7 Å². The summed E-state index contributed by atoms with van der Waals surface area (Å²) in [6.45, 7) is 9.74. The third kappa shape index (κ3) is 6.19. The van der Waals surface area contributed by atoms with E-state index in [0.29, 0.717) is 23.5 Å². The first-order chi connectivity index (χ1) is 10.6. The number of hydrogen-bond donors (Lipinski definition) is 2. The number of rotatable bonds is 5. The Morgan fingerprint density at radius 1 is 1.57 bits per heavy atom. The number of hydrogen-bond acceptors (Lipinski definition) is 4. The van der Waals surface area contributed by atoms with Gasteiger partial charge in [-0.25, -0.2) is 4.99 Å². The quantitative estimate of drug-likeness (QED) is 0.408. The van der Waals surface area contributed by atoms with Gasteiger partial charge < -0.3 is 19.7 Å². The summed E-state index contributed by atoms with van der Waals surface area (Å²) in [5.41, 5.74) is 0. The summed E-state index contributed by atoms with van der Waals surface area (Å²) in [5, 5.41) is 14.1. The highest BCUT2D eigenvalue weighted by Crippen LogP contribution is 2.25. The molecule has 2 unspecified atom stereocenters. The van der Waals surface area contributed by atoms with Gasteiger partial charge >= 0.3 is 0 Å². The van der Waals surface area contributed by atoms with Crippen LogP contribution in [0.15, 0.2) is 27.8 Å². The molecule has 2 atom stereocenters. The van der Waals surface area contributed by atoms with Gasteiger partial charge in [0, 0.05) is 30.6 Å². The number of aliphatic hydroxyl groups excluding tert-OH is 1. The third-order valence-electron chi connectivity index (χ3n) is 3.76. The van der Waals surface area contributed by atoms with Crippen LogP contribution in [-0.4, -0.2) is 53.1 Å². The zero-order valence-electron chi connectivity index (χ0n) is 14.1. The lowest BCUT2D eigenvalue weighted by Gasteiger charge is -2.36. The Kier molecular flexibility index (Phi) is 9.38. The summed E-state index contributed by atoms with van der Waals surface area (Å²) < 4.78 is 5.22. The van der Waals surface area contributed by atoms with E-state index in [-0.39, 0.29) is 24.0 Å². The van der Waals surface area contributed by atoms with E-state index in [1.54, 1.807) is 18.4 Å². The molecule has 1 aromatic rings. The molecule has 0 bridgehead atoms. The Morgan fingerprint density at radius 2 is 2.35 bits per heavy atom. The minimum absolute atomic E-state index is 0. The van der Waals surface area contributed by atoms with Crippen LogP contribution in [0.3, 0.4) is 0 Å². The highest BCUT2D eigenvalue weighted by Gasteiger charge is 2.25. The molecule has 2 heterocycles. The normalized spacial score (nSPS) is 20.3. The minimum Gasteiger partial charge on any atom is -0.467 e. The number of thioether (sulfide) groups is 1. The van der Waals surface area contributed by atoms with Crippen LogP contribution in [0.25, 0.3) is 0 Å². The Balaban J connectivity index is 0.00000264. The standard InChI is InChI=1S/C16H27N3O2S.HI/c1-4-17-16(18-10-13(20)14-6-5-8-21-14)19-7-9-22-15(11-19)12(2)3;/h5-6,8,12-13,15,20H,4,7,9-11H2,1-3H3,(H,17,18);1H. The van der Waals surface area contributed by atoms with E-state index in [1.807, 2.05) is 11.8 Å². The first-order valence-electron chi connectivity index (χ1n) is 7.98. The van der Waals surface area contributed by atoms with Gasteiger partial charge in [0.25, 0.3) is 0 Å². The summed E-state index contributed by atoms with van der Waals surface area (Å²) in [6.07, 6.45) is 0.881. The van der Waals surface area contributed by atoms with Crippen LogP contribution >= 0.6 is 35.7 Å². The van der Waals surface area contributed by atoms with Crippen molar-refractivity contribution in [1.29, 1.82) is 0 Å². The fourth-order valence-electron chi connectivity index (χ4n) is 2.44. The molecular formula is C16H28IN3O2S. The van der Waals surface area contributed by atoms with Gasteiger partial charge in [-0.2, -0.15) is 11.8 Å². The maximum absolute atomic E-state index is 10.1. The average Bonchev–Trinajstić information content (AvgIpc) is 3.05. The van der Waals surface area contributed by atoms with Crippen molar-refractivity contribution in [3.05, 3.63) is 24.2 Å². The number of nitrogens with zero attached hydrogens (tertiary/aromatic N) is 2. The number of aliphatic imine (C=N–C) groups is 1. The van der Waals surface area contributed by atoms with E-state index >= 15 is 0 Å². The number of aliphatic hydroxyl groups is 1. The zero-order chi connectivity index (χ0) is 15.9. The first-order valence-corrected chi connectivity index (χ1v) is 9.03. The van der Waals surface area contributed by atoms with Gasteiger partial charge in [0.15, 0.2) is 5.96 Å². The maximum atomic E-state index is 10.1. The SMILES string of the molecule is CCNC(=NCC(O)c1ccco1)N1CCSC(C(C)C)C1.I. The highest BCUT2D eigenvalue weighted by molar-refractivity contribution is 14.0. The number of furan rings is 1. The van der Waals surface area contributed by atoms with E-state index < -0.39 is 6.10 Å². The molecule has 2 N–H and O–H groups in total. The average molecular weight is 453 g/mol. The summed E-state index contributed by atoms with van der Waals surface area (Å²) >= 11 is 2.04. The van der Waals surface area contributed by atoms with Crippen molar-refractivity contribution in [2.45, 2.75) is 32.1 Å². The Hall–Kier alpha value is -0.410. The molecule has 1 fully saturated rings. The van der Waals surface area contributed by atoms with Gasteiger partial charge in [-0.15, -0.1) is 24.0 Å². The molecule has 132 valence electrons. The second-order valence-corrected chi connectivity index (χ2v) is 7.17. The monoisotopic (exact) mass is 453 g/mol. The fourth-order valence-corrected chi connectivity index (χ4v) is 3.74. The zero-order valence-corrected chi connectivity index (χ0v) is 17.2. The fraction of sp³-hybridized carbons (Fsp3) is 0.688. The molecule has 1 aliphatic heterocycles. The highest BCUT2D eigenvalue weighted by atomic mass is 127. The molecule has 23 heavy (non-hydrogen) atoms. The van der Waals surface area contributed by atoms with Crippen LogP contribution in [0.2, 0.25) is 0 Å². The van der Waals surface area contributed by atoms with Crippen LogP contribution in [0, 0.1) is 5.92 Å². The van der Waals surface area contributed by atoms with E-state index in [4.69, 9.17) is 4.42 Å².